The molecule has 1 aliphatic heterocycles. The highest BCUT2D eigenvalue weighted by Gasteiger charge is 2.32. The topological polar surface area (TPSA) is 69.7 Å². The molecule has 0 radical (unpaired) electrons. The molecule has 0 aliphatic carbocycles. The van der Waals surface area contributed by atoms with Gasteiger partial charge in [0.15, 0.2) is 0 Å². The lowest BCUT2D eigenvalue weighted by atomic mass is 10.1. The Hall–Kier alpha value is -1.87. The van der Waals surface area contributed by atoms with E-state index in [9.17, 15) is 14.7 Å². The average Bonchev–Trinajstić information content (AvgIpc) is 2.89. The number of carboxylic acid groups (broad SMARTS) is 1. The van der Waals surface area contributed by atoms with Gasteiger partial charge in [-0.15, -0.1) is 0 Å². The fourth-order valence-corrected chi connectivity index (χ4v) is 4.16. The van der Waals surface area contributed by atoms with Crippen molar-refractivity contribution < 1.29 is 19.4 Å². The van der Waals surface area contributed by atoms with E-state index in [1.807, 2.05) is 24.3 Å². The van der Waals surface area contributed by atoms with Crippen LogP contribution in [0.3, 0.4) is 0 Å². The molecule has 0 unspecified atom stereocenters. The van der Waals surface area contributed by atoms with Crippen molar-refractivity contribution in [2.75, 3.05) is 6.54 Å². The van der Waals surface area contributed by atoms with Gasteiger partial charge < -0.3 is 14.6 Å². The Bertz CT molecular complexity index is 978. The first kappa shape index (κ1) is 20.9. The van der Waals surface area contributed by atoms with E-state index >= 15 is 0 Å². The Labute approximate surface area is 184 Å². The minimum absolute atomic E-state index is 0.180. The van der Waals surface area contributed by atoms with Gasteiger partial charge in [0, 0.05) is 15.1 Å². The SMILES string of the molecule is O=C([O-])CN1C(=O)/C(=C\c2cc(Br)ccc2OCc2ccc(Cl)cc2)SC1=S. The van der Waals surface area contributed by atoms with Crippen LogP contribution < -0.4 is 9.84 Å². The van der Waals surface area contributed by atoms with Crippen molar-refractivity contribution in [2.24, 2.45) is 0 Å². The van der Waals surface area contributed by atoms with Crippen molar-refractivity contribution >= 4 is 73.8 Å². The number of ether oxygens (including phenoxy) is 1. The van der Waals surface area contributed by atoms with Crippen molar-refractivity contribution in [2.45, 2.75) is 6.61 Å². The maximum Gasteiger partial charge on any atom is 0.266 e. The minimum Gasteiger partial charge on any atom is -0.548 e. The summed E-state index contributed by atoms with van der Waals surface area (Å²) >= 11 is 15.4. The molecule has 28 heavy (non-hydrogen) atoms. The molecule has 0 saturated carbocycles. The number of hydrogen-bond donors (Lipinski definition) is 0. The Morgan fingerprint density at radius 1 is 1.29 bits per heavy atom. The number of benzene rings is 2. The van der Waals surface area contributed by atoms with Gasteiger partial charge in [0.2, 0.25) is 0 Å². The van der Waals surface area contributed by atoms with Crippen LogP contribution in [-0.2, 0) is 16.2 Å². The van der Waals surface area contributed by atoms with Gasteiger partial charge in [0.05, 0.1) is 17.4 Å². The van der Waals surface area contributed by atoms with E-state index in [4.69, 9.17) is 28.6 Å². The lowest BCUT2D eigenvalue weighted by Crippen LogP contribution is -2.40. The Kier molecular flexibility index (Phi) is 6.77. The highest BCUT2D eigenvalue weighted by Crippen LogP contribution is 2.35. The summed E-state index contributed by atoms with van der Waals surface area (Å²) in [5.41, 5.74) is 1.61. The molecule has 3 rings (SSSR count). The van der Waals surface area contributed by atoms with Gasteiger partial charge in [-0.05, 0) is 42.0 Å². The molecule has 1 saturated heterocycles. The third-order valence-corrected chi connectivity index (χ3v) is 5.85. The van der Waals surface area contributed by atoms with Crippen LogP contribution >= 0.6 is 51.5 Å². The van der Waals surface area contributed by atoms with Crippen LogP contribution in [0, 0.1) is 0 Å². The number of hydrogen-bond acceptors (Lipinski definition) is 6. The fourth-order valence-electron chi connectivity index (χ4n) is 2.41. The predicted molar refractivity (Wildman–Crippen MR) is 115 cm³/mol. The molecule has 9 heteroatoms. The van der Waals surface area contributed by atoms with Crippen LogP contribution in [-0.4, -0.2) is 27.6 Å². The number of carboxylic acids is 1. The molecule has 5 nitrogen and oxygen atoms in total. The van der Waals surface area contributed by atoms with E-state index in [-0.39, 0.29) is 4.32 Å². The molecule has 0 N–H and O–H groups in total. The molecule has 0 aromatic heterocycles. The Balaban J connectivity index is 1.83. The first-order chi connectivity index (χ1) is 13.3. The van der Waals surface area contributed by atoms with E-state index in [0.29, 0.717) is 27.8 Å². The monoisotopic (exact) mass is 496 g/mol. The van der Waals surface area contributed by atoms with Gasteiger partial charge in [0.25, 0.3) is 5.91 Å². The lowest BCUT2D eigenvalue weighted by Gasteiger charge is -2.14. The number of halogens is 2. The number of thiocarbonyl (C=S) groups is 1. The predicted octanol–water partition coefficient (Wildman–Crippen LogP) is 3.63. The summed E-state index contributed by atoms with van der Waals surface area (Å²) in [4.78, 5) is 24.6. The molecule has 144 valence electrons. The number of nitrogens with zero attached hydrogens (tertiary/aromatic N) is 1. The zero-order valence-corrected chi connectivity index (χ0v) is 18.2. The number of carbonyl (C=O) groups is 2. The van der Waals surface area contributed by atoms with Crippen molar-refractivity contribution in [1.82, 2.24) is 4.90 Å². The summed E-state index contributed by atoms with van der Waals surface area (Å²) in [6.45, 7) is -0.244. The summed E-state index contributed by atoms with van der Waals surface area (Å²) in [5.74, 6) is -1.27. The maximum atomic E-state index is 12.5. The van der Waals surface area contributed by atoms with Crippen molar-refractivity contribution in [1.29, 1.82) is 0 Å². The van der Waals surface area contributed by atoms with Gasteiger partial charge in [-0.3, -0.25) is 9.69 Å². The van der Waals surface area contributed by atoms with Gasteiger partial charge >= 0.3 is 0 Å². The summed E-state index contributed by atoms with van der Waals surface area (Å²) in [6.07, 6.45) is 1.64. The molecule has 1 heterocycles. The number of aliphatic carboxylic acids is 1. The quantitative estimate of drug-likeness (QED) is 0.448. The van der Waals surface area contributed by atoms with Gasteiger partial charge in [-0.1, -0.05) is 63.6 Å². The summed E-state index contributed by atoms with van der Waals surface area (Å²) in [7, 11) is 0. The van der Waals surface area contributed by atoms with Crippen LogP contribution in [0.2, 0.25) is 5.02 Å². The third-order valence-electron chi connectivity index (χ3n) is 3.73. The fraction of sp³-hybridized carbons (Fsp3) is 0.105. The summed E-state index contributed by atoms with van der Waals surface area (Å²) < 4.78 is 6.89. The van der Waals surface area contributed by atoms with Crippen molar-refractivity contribution in [3.8, 4) is 5.75 Å². The molecular weight excluding hydrogens is 486 g/mol. The zero-order chi connectivity index (χ0) is 20.3. The first-order valence-electron chi connectivity index (χ1n) is 7.95. The second-order valence-electron chi connectivity index (χ2n) is 5.74. The maximum absolute atomic E-state index is 12.5. The Morgan fingerprint density at radius 3 is 2.68 bits per heavy atom. The van der Waals surface area contributed by atoms with Crippen LogP contribution in [0.15, 0.2) is 51.8 Å². The second-order valence-corrected chi connectivity index (χ2v) is 8.77. The van der Waals surface area contributed by atoms with Crippen LogP contribution in [0.4, 0.5) is 0 Å². The molecular formula is C19H12BrClNO4S2-. The van der Waals surface area contributed by atoms with Crippen LogP contribution in [0.25, 0.3) is 6.08 Å². The average molecular weight is 498 g/mol. The molecule has 1 fully saturated rings. The summed E-state index contributed by atoms with van der Waals surface area (Å²) in [6, 6.07) is 12.7. The van der Waals surface area contributed by atoms with Gasteiger partial charge in [-0.2, -0.15) is 0 Å². The van der Waals surface area contributed by atoms with Gasteiger partial charge in [-0.25, -0.2) is 0 Å². The highest BCUT2D eigenvalue weighted by atomic mass is 79.9. The molecule has 0 atom stereocenters. The molecule has 2 aromatic rings. The normalized spacial score (nSPS) is 15.4. The van der Waals surface area contributed by atoms with Crippen LogP contribution in [0.5, 0.6) is 5.75 Å². The van der Waals surface area contributed by atoms with Crippen LogP contribution in [0.1, 0.15) is 11.1 Å². The number of rotatable bonds is 6. The second kappa shape index (κ2) is 9.09. The minimum atomic E-state index is -1.37. The Morgan fingerprint density at radius 2 is 2.00 bits per heavy atom. The molecule has 2 aromatic carbocycles. The first-order valence-corrected chi connectivity index (χ1v) is 10.3. The van der Waals surface area contributed by atoms with Crippen molar-refractivity contribution in [3.63, 3.8) is 0 Å². The van der Waals surface area contributed by atoms with E-state index in [2.05, 4.69) is 15.9 Å². The van der Waals surface area contributed by atoms with E-state index in [1.54, 1.807) is 24.3 Å². The van der Waals surface area contributed by atoms with E-state index < -0.39 is 18.4 Å². The van der Waals surface area contributed by atoms with E-state index in [0.717, 1.165) is 26.7 Å². The van der Waals surface area contributed by atoms with E-state index in [1.165, 1.54) is 0 Å². The third kappa shape index (κ3) is 5.14. The molecule has 1 amide bonds. The lowest BCUT2D eigenvalue weighted by molar-refractivity contribution is -0.305. The number of amides is 1. The standard InChI is InChI=1S/C19H13BrClNO4S2/c20-13-3-6-15(26-10-11-1-4-14(21)5-2-11)12(7-13)8-16-18(25)22(9-17(23)24)19(27)28-16/h1-8H,9-10H2,(H,23,24)/p-1/b16-8+. The molecule has 0 bridgehead atoms. The number of thioether (sulfide) groups is 1. The highest BCUT2D eigenvalue weighted by molar-refractivity contribution is 9.10. The smallest absolute Gasteiger partial charge is 0.266 e. The van der Waals surface area contributed by atoms with Gasteiger partial charge in [0.1, 0.15) is 16.7 Å². The largest absolute Gasteiger partial charge is 0.548 e. The summed E-state index contributed by atoms with van der Waals surface area (Å²) in [5, 5.41) is 11.5. The van der Waals surface area contributed by atoms with Crippen molar-refractivity contribution in [3.05, 3.63) is 68.0 Å². The zero-order valence-electron chi connectivity index (χ0n) is 14.2. The number of carbonyl (C=O) groups excluding carboxylic acids is 2. The molecule has 0 spiro atoms. The molecule has 1 aliphatic rings.